The predicted molar refractivity (Wildman–Crippen MR) is 97.8 cm³/mol. The molecule has 0 aromatic heterocycles. The van der Waals surface area contributed by atoms with E-state index in [0.29, 0.717) is 6.42 Å². The molecule has 136 valence electrons. The van der Waals surface area contributed by atoms with Gasteiger partial charge in [-0.2, -0.15) is 5.06 Å². The van der Waals surface area contributed by atoms with Gasteiger partial charge in [-0.15, -0.1) is 0 Å². The number of hydrogen-bond acceptors (Lipinski definition) is 5. The average Bonchev–Trinajstić information content (AvgIpc) is 3.19. The normalized spacial score (nSPS) is 28.8. The van der Waals surface area contributed by atoms with Gasteiger partial charge in [0.2, 0.25) is 0 Å². The van der Waals surface area contributed by atoms with Gasteiger partial charge >= 0.3 is 5.97 Å². The SMILES string of the molecule is COC(=O)[C@@]1(C)C[C@H]2N(Cc3ccccc3)C[C@H](c3ccccc3)N2O1. The van der Waals surface area contributed by atoms with Gasteiger partial charge in [0, 0.05) is 19.5 Å². The van der Waals surface area contributed by atoms with Crippen LogP contribution in [0.3, 0.4) is 0 Å². The van der Waals surface area contributed by atoms with E-state index in [1.807, 2.05) is 36.3 Å². The van der Waals surface area contributed by atoms with Crippen molar-refractivity contribution in [3.05, 3.63) is 71.8 Å². The minimum atomic E-state index is -0.943. The van der Waals surface area contributed by atoms with Crippen LogP contribution in [0.5, 0.6) is 0 Å². The molecule has 3 atom stereocenters. The molecular weight excluding hydrogens is 328 g/mol. The highest BCUT2D eigenvalue weighted by Gasteiger charge is 2.56. The van der Waals surface area contributed by atoms with E-state index in [1.165, 1.54) is 18.2 Å². The monoisotopic (exact) mass is 352 g/mol. The Morgan fingerprint density at radius 3 is 2.46 bits per heavy atom. The van der Waals surface area contributed by atoms with Gasteiger partial charge < -0.3 is 4.74 Å². The fourth-order valence-electron chi connectivity index (χ4n) is 4.01. The first kappa shape index (κ1) is 17.2. The van der Waals surface area contributed by atoms with Crippen LogP contribution in [0.2, 0.25) is 0 Å². The zero-order chi connectivity index (χ0) is 18.1. The molecule has 0 spiro atoms. The summed E-state index contributed by atoms with van der Waals surface area (Å²) in [5.41, 5.74) is 1.51. The van der Waals surface area contributed by atoms with E-state index in [1.54, 1.807) is 0 Å². The number of carbonyl (C=O) groups is 1. The largest absolute Gasteiger partial charge is 0.467 e. The van der Waals surface area contributed by atoms with Crippen LogP contribution >= 0.6 is 0 Å². The molecule has 0 radical (unpaired) electrons. The van der Waals surface area contributed by atoms with Crippen LogP contribution < -0.4 is 0 Å². The van der Waals surface area contributed by atoms with E-state index in [0.717, 1.165) is 13.1 Å². The molecule has 0 aliphatic carbocycles. The molecule has 0 unspecified atom stereocenters. The maximum absolute atomic E-state index is 12.3. The molecule has 0 saturated carbocycles. The molecule has 2 fully saturated rings. The van der Waals surface area contributed by atoms with Crippen LogP contribution in [0.15, 0.2) is 60.7 Å². The number of fused-ring (bicyclic) bond motifs is 1. The molecule has 26 heavy (non-hydrogen) atoms. The van der Waals surface area contributed by atoms with Crippen molar-refractivity contribution < 1.29 is 14.4 Å². The highest BCUT2D eigenvalue weighted by atomic mass is 16.7. The Bertz CT molecular complexity index is 767. The first-order chi connectivity index (χ1) is 12.6. The molecule has 2 aliphatic heterocycles. The number of benzene rings is 2. The van der Waals surface area contributed by atoms with E-state index in [-0.39, 0.29) is 18.2 Å². The van der Waals surface area contributed by atoms with Gasteiger partial charge in [0.15, 0.2) is 5.60 Å². The first-order valence-corrected chi connectivity index (χ1v) is 8.99. The quantitative estimate of drug-likeness (QED) is 0.791. The number of hydrogen-bond donors (Lipinski definition) is 0. The van der Waals surface area contributed by atoms with Crippen molar-refractivity contribution in [1.82, 2.24) is 9.96 Å². The summed E-state index contributed by atoms with van der Waals surface area (Å²) in [5, 5.41) is 2.00. The van der Waals surface area contributed by atoms with Crippen LogP contribution in [0.25, 0.3) is 0 Å². The Balaban J connectivity index is 1.63. The van der Waals surface area contributed by atoms with E-state index in [9.17, 15) is 4.79 Å². The summed E-state index contributed by atoms with van der Waals surface area (Å²) in [6.07, 6.45) is 0.639. The van der Waals surface area contributed by atoms with Crippen molar-refractivity contribution in [1.29, 1.82) is 0 Å². The number of nitrogens with zero attached hydrogens (tertiary/aromatic N) is 2. The van der Waals surface area contributed by atoms with Crippen molar-refractivity contribution in [2.24, 2.45) is 0 Å². The summed E-state index contributed by atoms with van der Waals surface area (Å²) in [6.45, 7) is 3.51. The topological polar surface area (TPSA) is 42.0 Å². The summed E-state index contributed by atoms with van der Waals surface area (Å²) in [6, 6.07) is 20.8. The van der Waals surface area contributed by atoms with Crippen molar-refractivity contribution >= 4 is 5.97 Å². The van der Waals surface area contributed by atoms with E-state index in [2.05, 4.69) is 41.3 Å². The number of hydroxylamine groups is 2. The lowest BCUT2D eigenvalue weighted by Crippen LogP contribution is -2.39. The second kappa shape index (κ2) is 6.83. The maximum Gasteiger partial charge on any atom is 0.340 e. The Labute approximate surface area is 154 Å². The summed E-state index contributed by atoms with van der Waals surface area (Å²) in [5.74, 6) is -0.321. The lowest BCUT2D eigenvalue weighted by Gasteiger charge is -2.26. The molecule has 2 heterocycles. The van der Waals surface area contributed by atoms with Gasteiger partial charge in [-0.3, -0.25) is 9.74 Å². The van der Waals surface area contributed by atoms with Crippen LogP contribution in [0.4, 0.5) is 0 Å². The van der Waals surface area contributed by atoms with Gasteiger partial charge in [0.1, 0.15) is 0 Å². The molecule has 2 aliphatic rings. The van der Waals surface area contributed by atoms with E-state index in [4.69, 9.17) is 9.57 Å². The van der Waals surface area contributed by atoms with Crippen LogP contribution in [0, 0.1) is 0 Å². The molecule has 5 nitrogen and oxygen atoms in total. The lowest BCUT2D eigenvalue weighted by atomic mass is 10.0. The fourth-order valence-corrected chi connectivity index (χ4v) is 4.01. The molecular formula is C21H24N2O3. The van der Waals surface area contributed by atoms with Gasteiger partial charge in [0.25, 0.3) is 0 Å². The summed E-state index contributed by atoms with van der Waals surface area (Å²) < 4.78 is 4.99. The Morgan fingerprint density at radius 2 is 1.81 bits per heavy atom. The summed E-state index contributed by atoms with van der Waals surface area (Å²) in [7, 11) is 1.41. The second-order valence-electron chi connectivity index (χ2n) is 7.20. The number of rotatable bonds is 4. The Morgan fingerprint density at radius 1 is 1.15 bits per heavy atom. The van der Waals surface area contributed by atoms with Crippen molar-refractivity contribution in [2.75, 3.05) is 13.7 Å². The van der Waals surface area contributed by atoms with Crippen molar-refractivity contribution in [2.45, 2.75) is 37.7 Å². The zero-order valence-corrected chi connectivity index (χ0v) is 15.2. The van der Waals surface area contributed by atoms with Gasteiger partial charge in [-0.25, -0.2) is 4.79 Å². The molecule has 4 rings (SSSR count). The standard InChI is InChI=1S/C21H24N2O3/c1-21(20(24)25-2)13-19-22(14-16-9-5-3-6-10-16)15-18(23(19)26-21)17-11-7-4-8-12-17/h3-12,18-19H,13-15H2,1-2H3/t18-,19+,21-/m1/s1. The molecule has 2 aromatic rings. The predicted octanol–water partition coefficient (Wildman–Crippen LogP) is 3.14. The number of esters is 1. The van der Waals surface area contributed by atoms with Gasteiger partial charge in [-0.05, 0) is 18.1 Å². The smallest absolute Gasteiger partial charge is 0.340 e. The molecule has 5 heteroatoms. The third kappa shape index (κ3) is 3.03. The number of ether oxygens (including phenoxy) is 1. The van der Waals surface area contributed by atoms with Gasteiger partial charge in [0.05, 0.1) is 19.3 Å². The highest BCUT2D eigenvalue weighted by molar-refractivity contribution is 5.79. The fraction of sp³-hybridized carbons (Fsp3) is 0.381. The molecule has 0 bridgehead atoms. The average molecular weight is 352 g/mol. The molecule has 2 aromatic carbocycles. The van der Waals surface area contributed by atoms with Crippen molar-refractivity contribution in [3.63, 3.8) is 0 Å². The van der Waals surface area contributed by atoms with E-state index < -0.39 is 5.60 Å². The summed E-state index contributed by atoms with van der Waals surface area (Å²) in [4.78, 5) is 20.9. The highest BCUT2D eigenvalue weighted by Crippen LogP contribution is 2.44. The van der Waals surface area contributed by atoms with E-state index >= 15 is 0 Å². The van der Waals surface area contributed by atoms with Crippen molar-refractivity contribution in [3.8, 4) is 0 Å². The van der Waals surface area contributed by atoms with Crippen LogP contribution in [0.1, 0.15) is 30.5 Å². The van der Waals surface area contributed by atoms with Gasteiger partial charge in [-0.1, -0.05) is 60.7 Å². The third-order valence-corrected chi connectivity index (χ3v) is 5.34. The Kier molecular flexibility index (Phi) is 4.53. The molecule has 0 amide bonds. The second-order valence-corrected chi connectivity index (χ2v) is 7.20. The maximum atomic E-state index is 12.3. The molecule has 2 saturated heterocycles. The molecule has 0 N–H and O–H groups in total. The minimum absolute atomic E-state index is 0.0458. The third-order valence-electron chi connectivity index (χ3n) is 5.34. The first-order valence-electron chi connectivity index (χ1n) is 8.99. The minimum Gasteiger partial charge on any atom is -0.467 e. The zero-order valence-electron chi connectivity index (χ0n) is 15.2. The number of methoxy groups -OCH3 is 1. The Hall–Kier alpha value is -2.21. The number of carbonyl (C=O) groups excluding carboxylic acids is 1. The van der Waals surface area contributed by atoms with Crippen LogP contribution in [-0.4, -0.2) is 41.4 Å². The van der Waals surface area contributed by atoms with Crippen LogP contribution in [-0.2, 0) is 20.9 Å². The lowest BCUT2D eigenvalue weighted by molar-refractivity contribution is -0.223. The summed E-state index contributed by atoms with van der Waals surface area (Å²) >= 11 is 0.